The quantitative estimate of drug-likeness (QED) is 0.565. The van der Waals surface area contributed by atoms with Gasteiger partial charge in [0.15, 0.2) is 0 Å². The van der Waals surface area contributed by atoms with Crippen LogP contribution in [0.2, 0.25) is 0 Å². The van der Waals surface area contributed by atoms with E-state index in [1.54, 1.807) is 17.3 Å². The third-order valence-corrected chi connectivity index (χ3v) is 8.41. The van der Waals surface area contributed by atoms with Crippen LogP contribution >= 0.6 is 0 Å². The van der Waals surface area contributed by atoms with Crippen LogP contribution in [0, 0.1) is 18.6 Å². The molecule has 0 unspecified atom stereocenters. The second-order valence-corrected chi connectivity index (χ2v) is 10.7. The molecule has 1 amide bonds. The minimum atomic E-state index is -4.08. The maximum atomic E-state index is 13.6. The first-order valence-corrected chi connectivity index (χ1v) is 12.3. The Balaban J connectivity index is 1.42. The Morgan fingerprint density at radius 2 is 1.68 bits per heavy atom. The molecule has 0 aliphatic carbocycles. The molecule has 2 aliphatic rings. The first-order valence-electron chi connectivity index (χ1n) is 10.9. The van der Waals surface area contributed by atoms with Gasteiger partial charge in [0.2, 0.25) is 15.9 Å². The van der Waals surface area contributed by atoms with Gasteiger partial charge >= 0.3 is 0 Å². The average Bonchev–Trinajstić information content (AvgIpc) is 3.19. The fraction of sp³-hybridized carbons (Fsp3) is 0.348. The summed E-state index contributed by atoms with van der Waals surface area (Å²) in [5.41, 5.74) is 1.04. The number of anilines is 1. The fourth-order valence-corrected chi connectivity index (χ4v) is 6.29. The molecule has 0 N–H and O–H groups in total. The van der Waals surface area contributed by atoms with Gasteiger partial charge in [0, 0.05) is 37.6 Å². The highest BCUT2D eigenvalue weighted by Crippen LogP contribution is 2.42. The van der Waals surface area contributed by atoms with Gasteiger partial charge in [-0.1, -0.05) is 0 Å². The van der Waals surface area contributed by atoms with Crippen molar-refractivity contribution in [2.45, 2.75) is 43.2 Å². The number of carbonyl (C=O) groups is 1. The van der Waals surface area contributed by atoms with Gasteiger partial charge in [0.1, 0.15) is 17.5 Å². The minimum absolute atomic E-state index is 0.0623. The SMILES string of the molecule is Cc1cc2n(n1)C1(CCN(S(=O)(=O)c3cc(F)cc(F)c3)CC1)CC(=O)N2Cc1ccncc1. The number of amides is 1. The lowest BCUT2D eigenvalue weighted by molar-refractivity contribution is -0.122. The molecule has 34 heavy (non-hydrogen) atoms. The highest BCUT2D eigenvalue weighted by Gasteiger charge is 2.47. The van der Waals surface area contributed by atoms with Crippen molar-refractivity contribution in [2.24, 2.45) is 0 Å². The molecule has 1 saturated heterocycles. The van der Waals surface area contributed by atoms with E-state index in [2.05, 4.69) is 10.1 Å². The number of fused-ring (bicyclic) bond motifs is 2. The Hall–Kier alpha value is -3.18. The zero-order valence-corrected chi connectivity index (χ0v) is 19.3. The molecule has 1 fully saturated rings. The summed E-state index contributed by atoms with van der Waals surface area (Å²) in [6.45, 7) is 2.45. The third kappa shape index (κ3) is 3.88. The number of aromatic nitrogens is 3. The van der Waals surface area contributed by atoms with Crippen LogP contribution in [0.25, 0.3) is 0 Å². The summed E-state index contributed by atoms with van der Waals surface area (Å²) in [7, 11) is -4.08. The van der Waals surface area contributed by atoms with E-state index in [1.165, 1.54) is 4.31 Å². The van der Waals surface area contributed by atoms with Gasteiger partial charge < -0.3 is 0 Å². The highest BCUT2D eigenvalue weighted by atomic mass is 32.2. The summed E-state index contributed by atoms with van der Waals surface area (Å²) in [6.07, 6.45) is 4.25. The molecular formula is C23H23F2N5O3S. The van der Waals surface area contributed by atoms with Crippen molar-refractivity contribution >= 4 is 21.7 Å². The molecule has 2 aromatic heterocycles. The second-order valence-electron chi connectivity index (χ2n) is 8.80. The topological polar surface area (TPSA) is 88.4 Å². The zero-order valence-electron chi connectivity index (χ0n) is 18.5. The lowest BCUT2D eigenvalue weighted by atomic mass is 9.83. The van der Waals surface area contributed by atoms with Crippen LogP contribution in [0.4, 0.5) is 14.6 Å². The van der Waals surface area contributed by atoms with Gasteiger partial charge in [-0.05, 0) is 49.6 Å². The van der Waals surface area contributed by atoms with E-state index in [0.717, 1.165) is 23.4 Å². The molecule has 1 aromatic carbocycles. The zero-order chi connectivity index (χ0) is 24.1. The summed E-state index contributed by atoms with van der Waals surface area (Å²) in [4.78, 5) is 18.6. The van der Waals surface area contributed by atoms with Gasteiger partial charge in [-0.25, -0.2) is 21.9 Å². The lowest BCUT2D eigenvalue weighted by Crippen LogP contribution is -2.54. The summed E-state index contributed by atoms with van der Waals surface area (Å²) >= 11 is 0. The lowest BCUT2D eigenvalue weighted by Gasteiger charge is -2.46. The van der Waals surface area contributed by atoms with Crippen molar-refractivity contribution in [1.29, 1.82) is 0 Å². The predicted molar refractivity (Wildman–Crippen MR) is 119 cm³/mol. The number of hydrogen-bond acceptors (Lipinski definition) is 5. The first kappa shape index (κ1) is 22.6. The molecule has 5 rings (SSSR count). The van der Waals surface area contributed by atoms with E-state index >= 15 is 0 Å². The van der Waals surface area contributed by atoms with Crippen molar-refractivity contribution in [1.82, 2.24) is 19.1 Å². The Bertz CT molecular complexity index is 1330. The van der Waals surface area contributed by atoms with Crippen molar-refractivity contribution in [3.63, 3.8) is 0 Å². The first-order chi connectivity index (χ1) is 16.2. The molecule has 11 heteroatoms. The van der Waals surface area contributed by atoms with Crippen molar-refractivity contribution in [3.8, 4) is 0 Å². The molecule has 0 saturated carbocycles. The third-order valence-electron chi connectivity index (χ3n) is 6.54. The fourth-order valence-electron chi connectivity index (χ4n) is 4.80. The number of piperidine rings is 1. The van der Waals surface area contributed by atoms with Crippen molar-refractivity contribution in [2.75, 3.05) is 18.0 Å². The molecule has 2 aliphatic heterocycles. The molecule has 0 bridgehead atoms. The van der Waals surface area contributed by atoms with Crippen molar-refractivity contribution in [3.05, 3.63) is 71.7 Å². The summed E-state index contributed by atoms with van der Waals surface area (Å²) in [5, 5.41) is 4.67. The number of rotatable bonds is 4. The van der Waals surface area contributed by atoms with Crippen LogP contribution in [-0.4, -0.2) is 46.5 Å². The molecule has 3 aromatic rings. The average molecular weight is 488 g/mol. The monoisotopic (exact) mass is 487 g/mol. The molecule has 4 heterocycles. The van der Waals surface area contributed by atoms with Crippen molar-refractivity contribution < 1.29 is 22.0 Å². The number of sulfonamides is 1. The predicted octanol–water partition coefficient (Wildman–Crippen LogP) is 2.98. The number of nitrogens with zero attached hydrogens (tertiary/aromatic N) is 5. The number of aryl methyl sites for hydroxylation is 1. The molecule has 178 valence electrons. The van der Waals surface area contributed by atoms with E-state index in [0.29, 0.717) is 31.3 Å². The van der Waals surface area contributed by atoms with Gasteiger partial charge in [0.05, 0.1) is 29.1 Å². The Morgan fingerprint density at radius 1 is 1.03 bits per heavy atom. The van der Waals surface area contributed by atoms with Crippen LogP contribution in [-0.2, 0) is 26.9 Å². The van der Waals surface area contributed by atoms with Crippen LogP contribution in [0.1, 0.15) is 30.5 Å². The van der Waals surface area contributed by atoms with Crippen LogP contribution in [0.5, 0.6) is 0 Å². The molecule has 8 nitrogen and oxygen atoms in total. The normalized spacial score (nSPS) is 18.3. The van der Waals surface area contributed by atoms with Crippen LogP contribution in [0.3, 0.4) is 0 Å². The smallest absolute Gasteiger partial charge is 0.243 e. The van der Waals surface area contributed by atoms with Gasteiger partial charge in [0.25, 0.3) is 0 Å². The van der Waals surface area contributed by atoms with Gasteiger partial charge in [-0.15, -0.1) is 0 Å². The summed E-state index contributed by atoms with van der Waals surface area (Å²) < 4.78 is 56.4. The van der Waals surface area contributed by atoms with Gasteiger partial charge in [-0.2, -0.15) is 9.40 Å². The van der Waals surface area contributed by atoms with E-state index in [9.17, 15) is 22.0 Å². The molecule has 0 atom stereocenters. The Labute approximate surface area is 195 Å². The van der Waals surface area contributed by atoms with E-state index in [4.69, 9.17) is 0 Å². The second kappa shape index (κ2) is 8.24. The maximum absolute atomic E-state index is 13.6. The number of halogens is 2. The Kier molecular flexibility index (Phi) is 5.48. The molecule has 1 spiro atoms. The van der Waals surface area contributed by atoms with E-state index in [-0.39, 0.29) is 25.4 Å². The standard InChI is InChI=1S/C23H23F2N5O3S/c1-16-10-21-29(15-17-2-6-26-7-3-17)22(31)14-23(30(21)27-16)4-8-28(9-5-23)34(32,33)20-12-18(24)11-19(25)13-20/h2-3,6-7,10-13H,4-5,8-9,14-15H2,1H3. The summed E-state index contributed by atoms with van der Waals surface area (Å²) in [6, 6.07) is 7.83. The van der Waals surface area contributed by atoms with Crippen LogP contribution < -0.4 is 4.90 Å². The van der Waals surface area contributed by atoms with Crippen LogP contribution in [0.15, 0.2) is 53.7 Å². The summed E-state index contributed by atoms with van der Waals surface area (Å²) in [5.74, 6) is -1.28. The highest BCUT2D eigenvalue weighted by molar-refractivity contribution is 7.89. The van der Waals surface area contributed by atoms with E-state index in [1.807, 2.05) is 29.8 Å². The minimum Gasteiger partial charge on any atom is -0.292 e. The van der Waals surface area contributed by atoms with Gasteiger partial charge in [-0.3, -0.25) is 14.7 Å². The Morgan fingerprint density at radius 3 is 2.32 bits per heavy atom. The molecular weight excluding hydrogens is 464 g/mol. The number of carbonyl (C=O) groups excluding carboxylic acids is 1. The molecule has 0 radical (unpaired) electrons. The number of pyridine rings is 1. The van der Waals surface area contributed by atoms with E-state index < -0.39 is 32.1 Å². The number of hydrogen-bond donors (Lipinski definition) is 0. The number of benzene rings is 1. The largest absolute Gasteiger partial charge is 0.292 e. The maximum Gasteiger partial charge on any atom is 0.243 e.